The maximum Gasteiger partial charge on any atom is 0.160 e. The number of hydrogen-bond donors (Lipinski definition) is 0. The number of unbranched alkanes of at least 4 members (excludes halogenated alkanes) is 3. The molecular weight excluding hydrogens is 541 g/mol. The minimum absolute atomic E-state index is 0.218. The van der Waals surface area contributed by atoms with Gasteiger partial charge in [0.25, 0.3) is 0 Å². The minimum atomic E-state index is -0.590. The number of hydrogen-bond acceptors (Lipinski definition) is 4. The molecule has 0 amide bonds. The van der Waals surface area contributed by atoms with Crippen LogP contribution < -0.4 is 0 Å². The van der Waals surface area contributed by atoms with Crippen molar-refractivity contribution in [3.05, 3.63) is 107 Å². The van der Waals surface area contributed by atoms with E-state index in [0.717, 1.165) is 34.0 Å². The lowest BCUT2D eigenvalue weighted by atomic mass is 10.1. The van der Waals surface area contributed by atoms with Crippen LogP contribution in [0.15, 0.2) is 85.1 Å². The first-order valence-electron chi connectivity index (χ1n) is 13.6. The SMILES string of the molecule is CCCCCCc1ccc(-c2ccc(-c3ccnc(-c4nc5ccccc5n4Cc4ccc(F)cc4F)c3)s2)s1. The first kappa shape index (κ1) is 26.5. The maximum atomic E-state index is 14.6. The van der Waals surface area contributed by atoms with Gasteiger partial charge in [0.1, 0.15) is 17.3 Å². The Morgan fingerprint density at radius 1 is 0.800 bits per heavy atom. The van der Waals surface area contributed by atoms with Gasteiger partial charge in [-0.1, -0.05) is 44.4 Å². The van der Waals surface area contributed by atoms with Crippen LogP contribution in [0.5, 0.6) is 0 Å². The molecule has 6 rings (SSSR count). The molecule has 0 unspecified atom stereocenters. The van der Waals surface area contributed by atoms with E-state index in [9.17, 15) is 8.78 Å². The molecule has 0 saturated heterocycles. The number of aryl methyl sites for hydroxylation is 1. The summed E-state index contributed by atoms with van der Waals surface area (Å²) in [7, 11) is 0. The van der Waals surface area contributed by atoms with E-state index in [0.29, 0.717) is 17.1 Å². The van der Waals surface area contributed by atoms with Crippen molar-refractivity contribution in [1.29, 1.82) is 0 Å². The van der Waals surface area contributed by atoms with Crippen LogP contribution >= 0.6 is 22.7 Å². The smallest absolute Gasteiger partial charge is 0.160 e. The average Bonchev–Trinajstić information content (AvgIpc) is 3.72. The largest absolute Gasteiger partial charge is 0.318 e. The molecule has 0 atom stereocenters. The van der Waals surface area contributed by atoms with Crippen molar-refractivity contribution in [1.82, 2.24) is 14.5 Å². The molecule has 0 spiro atoms. The van der Waals surface area contributed by atoms with Crippen molar-refractivity contribution in [3.63, 3.8) is 0 Å². The molecule has 6 aromatic rings. The Morgan fingerprint density at radius 3 is 2.50 bits per heavy atom. The molecule has 7 heteroatoms. The second-order valence-corrected chi connectivity index (χ2v) is 12.2. The van der Waals surface area contributed by atoms with Crippen LogP contribution in [0.3, 0.4) is 0 Å². The zero-order valence-electron chi connectivity index (χ0n) is 22.2. The summed E-state index contributed by atoms with van der Waals surface area (Å²) in [6.07, 6.45) is 8.06. The Kier molecular flexibility index (Phi) is 7.84. The molecule has 3 nitrogen and oxygen atoms in total. The van der Waals surface area contributed by atoms with E-state index >= 15 is 0 Å². The molecule has 0 aliphatic carbocycles. The molecule has 0 bridgehead atoms. The Hall–Kier alpha value is -3.68. The number of halogens is 2. The highest BCUT2D eigenvalue weighted by Crippen LogP contribution is 2.39. The standard InChI is InChI=1S/C33H29F2N3S2/c1-2-3-4-5-8-25-13-14-31(39-25)32-16-15-30(40-32)22-17-18-36-28(19-22)33-37-27-9-6-7-10-29(27)38(33)21-23-11-12-24(34)20-26(23)35/h6-7,9-20H,2-5,8,21H2,1H3. The Labute approximate surface area is 240 Å². The van der Waals surface area contributed by atoms with Crippen LogP contribution in [-0.4, -0.2) is 14.5 Å². The van der Waals surface area contributed by atoms with Crippen molar-refractivity contribution in [2.24, 2.45) is 0 Å². The van der Waals surface area contributed by atoms with Crippen molar-refractivity contribution in [3.8, 4) is 31.7 Å². The molecule has 4 aromatic heterocycles. The number of rotatable bonds is 10. The minimum Gasteiger partial charge on any atom is -0.318 e. The summed E-state index contributed by atoms with van der Waals surface area (Å²) in [6.45, 7) is 2.46. The lowest BCUT2D eigenvalue weighted by Crippen LogP contribution is -2.05. The number of aromatic nitrogens is 3. The van der Waals surface area contributed by atoms with Crippen LogP contribution in [0.2, 0.25) is 0 Å². The van der Waals surface area contributed by atoms with E-state index in [2.05, 4.69) is 36.2 Å². The summed E-state index contributed by atoms with van der Waals surface area (Å²) in [4.78, 5) is 14.7. The third-order valence-electron chi connectivity index (χ3n) is 7.06. The van der Waals surface area contributed by atoms with Crippen molar-refractivity contribution < 1.29 is 8.78 Å². The predicted molar refractivity (Wildman–Crippen MR) is 163 cm³/mol. The van der Waals surface area contributed by atoms with Crippen LogP contribution in [0.4, 0.5) is 8.78 Å². The van der Waals surface area contributed by atoms with E-state index in [1.54, 1.807) is 17.5 Å². The monoisotopic (exact) mass is 569 g/mol. The van der Waals surface area contributed by atoms with Crippen LogP contribution in [0, 0.1) is 11.6 Å². The summed E-state index contributed by atoms with van der Waals surface area (Å²) in [5.74, 6) is -0.517. The number of para-hydroxylation sites is 2. The Bertz CT molecular complexity index is 1760. The number of nitrogens with zero attached hydrogens (tertiary/aromatic N) is 3. The fourth-order valence-corrected chi connectivity index (χ4v) is 7.10. The van der Waals surface area contributed by atoms with Crippen LogP contribution in [0.1, 0.15) is 43.0 Å². The van der Waals surface area contributed by atoms with E-state index in [4.69, 9.17) is 4.98 Å². The fourth-order valence-electron chi connectivity index (χ4n) is 4.95. The highest BCUT2D eigenvalue weighted by molar-refractivity contribution is 7.23. The van der Waals surface area contributed by atoms with Gasteiger partial charge in [-0.15, -0.1) is 22.7 Å². The Morgan fingerprint density at radius 2 is 1.62 bits per heavy atom. The van der Waals surface area contributed by atoms with Gasteiger partial charge in [0.05, 0.1) is 17.6 Å². The van der Waals surface area contributed by atoms with Gasteiger partial charge < -0.3 is 4.57 Å². The van der Waals surface area contributed by atoms with E-state index in [1.807, 2.05) is 52.3 Å². The number of fused-ring (bicyclic) bond motifs is 1. The molecule has 2 aromatic carbocycles. The van der Waals surface area contributed by atoms with Gasteiger partial charge in [-0.3, -0.25) is 4.98 Å². The second-order valence-electron chi connectivity index (χ2n) is 9.92. The van der Waals surface area contributed by atoms with Crippen molar-refractivity contribution in [2.45, 2.75) is 45.6 Å². The molecule has 0 N–H and O–H groups in total. The number of benzene rings is 2. The van der Waals surface area contributed by atoms with Gasteiger partial charge in [-0.25, -0.2) is 13.8 Å². The first-order chi connectivity index (χ1) is 19.6. The average molecular weight is 570 g/mol. The van der Waals surface area contributed by atoms with E-state index < -0.39 is 11.6 Å². The summed E-state index contributed by atoms with van der Waals surface area (Å²) in [6, 6.07) is 24.4. The molecule has 0 saturated carbocycles. The van der Waals surface area contributed by atoms with Gasteiger partial charge in [0, 0.05) is 37.3 Å². The lowest BCUT2D eigenvalue weighted by molar-refractivity contribution is 0.567. The topological polar surface area (TPSA) is 30.7 Å². The van der Waals surface area contributed by atoms with Gasteiger partial charge in [0.2, 0.25) is 0 Å². The van der Waals surface area contributed by atoms with Crippen LogP contribution in [-0.2, 0) is 13.0 Å². The van der Waals surface area contributed by atoms with Gasteiger partial charge in [-0.05, 0) is 73.0 Å². The highest BCUT2D eigenvalue weighted by atomic mass is 32.1. The maximum absolute atomic E-state index is 14.6. The molecule has 40 heavy (non-hydrogen) atoms. The highest BCUT2D eigenvalue weighted by Gasteiger charge is 2.17. The van der Waals surface area contributed by atoms with Crippen molar-refractivity contribution >= 4 is 33.7 Å². The summed E-state index contributed by atoms with van der Waals surface area (Å²) < 4.78 is 30.1. The molecule has 202 valence electrons. The molecule has 0 aliphatic rings. The number of imidazole rings is 1. The number of thiophene rings is 2. The summed E-state index contributed by atoms with van der Waals surface area (Å²) in [5, 5.41) is 0. The van der Waals surface area contributed by atoms with Crippen molar-refractivity contribution in [2.75, 3.05) is 0 Å². The van der Waals surface area contributed by atoms with Crippen LogP contribution in [0.25, 0.3) is 42.7 Å². The van der Waals surface area contributed by atoms with Gasteiger partial charge in [0.15, 0.2) is 5.82 Å². The molecule has 4 heterocycles. The molecule has 0 fully saturated rings. The predicted octanol–water partition coefficient (Wildman–Crippen LogP) is 10.0. The zero-order chi connectivity index (χ0) is 27.5. The lowest BCUT2D eigenvalue weighted by Gasteiger charge is -2.11. The quantitative estimate of drug-likeness (QED) is 0.154. The normalized spacial score (nSPS) is 11.5. The summed E-state index contributed by atoms with van der Waals surface area (Å²) >= 11 is 3.66. The van der Waals surface area contributed by atoms with Gasteiger partial charge >= 0.3 is 0 Å². The molecular formula is C33H29F2N3S2. The third kappa shape index (κ3) is 5.62. The van der Waals surface area contributed by atoms with E-state index in [-0.39, 0.29) is 6.54 Å². The third-order valence-corrected chi connectivity index (χ3v) is 9.53. The fraction of sp³-hybridized carbons (Fsp3) is 0.212. The Balaban J connectivity index is 1.30. The zero-order valence-corrected chi connectivity index (χ0v) is 23.9. The number of pyridine rings is 1. The second kappa shape index (κ2) is 11.8. The first-order valence-corrected chi connectivity index (χ1v) is 15.3. The van der Waals surface area contributed by atoms with E-state index in [1.165, 1.54) is 52.4 Å². The summed E-state index contributed by atoms with van der Waals surface area (Å²) in [5.41, 5.74) is 3.83. The molecule has 0 aliphatic heterocycles. The van der Waals surface area contributed by atoms with Gasteiger partial charge in [-0.2, -0.15) is 0 Å². The molecule has 0 radical (unpaired) electrons.